The van der Waals surface area contributed by atoms with Gasteiger partial charge in [0.15, 0.2) is 0 Å². The van der Waals surface area contributed by atoms with Gasteiger partial charge >= 0.3 is 0 Å². The molecule has 0 aromatic carbocycles. The van der Waals surface area contributed by atoms with Crippen LogP contribution < -0.4 is 0 Å². The van der Waals surface area contributed by atoms with E-state index in [1.165, 1.54) is 77.0 Å². The number of rotatable bonds is 10. The first-order chi connectivity index (χ1) is 8.86. The molecule has 1 fully saturated rings. The lowest BCUT2D eigenvalue weighted by atomic mass is 9.78. The summed E-state index contributed by atoms with van der Waals surface area (Å²) in [5.74, 6) is 1.82. The molecule has 1 aliphatic rings. The molecule has 0 heterocycles. The van der Waals surface area contributed by atoms with E-state index >= 15 is 0 Å². The highest BCUT2D eigenvalue weighted by molar-refractivity contribution is 4.94. The highest BCUT2D eigenvalue weighted by Gasteiger charge is 2.20. The highest BCUT2D eigenvalue weighted by Crippen LogP contribution is 2.33. The summed E-state index contributed by atoms with van der Waals surface area (Å²) in [5, 5.41) is 0. The van der Waals surface area contributed by atoms with E-state index in [4.69, 9.17) is 0 Å². The summed E-state index contributed by atoms with van der Waals surface area (Å²) >= 11 is 0. The first-order valence-electron chi connectivity index (χ1n) is 8.53. The zero-order valence-corrected chi connectivity index (χ0v) is 12.8. The van der Waals surface area contributed by atoms with Gasteiger partial charge in [-0.05, 0) is 37.5 Å². The summed E-state index contributed by atoms with van der Waals surface area (Å²) < 4.78 is 0. The number of hydrogen-bond donors (Lipinski definition) is 0. The Morgan fingerprint density at radius 1 is 0.667 bits per heavy atom. The molecule has 2 atom stereocenters. The van der Waals surface area contributed by atoms with Gasteiger partial charge in [-0.2, -0.15) is 0 Å². The normalized spacial score (nSPS) is 24.3. The van der Waals surface area contributed by atoms with Crippen LogP contribution in [0.1, 0.15) is 90.9 Å². The Morgan fingerprint density at radius 2 is 1.11 bits per heavy atom. The lowest BCUT2D eigenvalue weighted by Crippen LogP contribution is -2.16. The van der Waals surface area contributed by atoms with Crippen molar-refractivity contribution in [3.8, 4) is 0 Å². The van der Waals surface area contributed by atoms with Gasteiger partial charge in [0.25, 0.3) is 0 Å². The van der Waals surface area contributed by atoms with Gasteiger partial charge in [-0.3, -0.25) is 0 Å². The second kappa shape index (κ2) is 10.9. The van der Waals surface area contributed by atoms with Gasteiger partial charge in [-0.15, -0.1) is 0 Å². The summed E-state index contributed by atoms with van der Waals surface area (Å²) in [5.41, 5.74) is 0. The molecule has 18 heavy (non-hydrogen) atoms. The third-order valence-corrected chi connectivity index (χ3v) is 4.40. The molecule has 0 spiro atoms. The molecule has 0 aromatic heterocycles. The Labute approximate surface area is 116 Å². The van der Waals surface area contributed by atoms with Crippen LogP contribution in [0.15, 0.2) is 0 Å². The van der Waals surface area contributed by atoms with Gasteiger partial charge in [-0.25, -0.2) is 0 Å². The minimum absolute atomic E-state index is 0.911. The summed E-state index contributed by atoms with van der Waals surface area (Å²) in [4.78, 5) is 0. The van der Waals surface area contributed by atoms with E-state index in [1.54, 1.807) is 0 Å². The largest absolute Gasteiger partial charge is 0.0654 e. The van der Waals surface area contributed by atoms with Crippen LogP contribution in [-0.2, 0) is 0 Å². The fourth-order valence-electron chi connectivity index (χ4n) is 3.06. The third-order valence-electron chi connectivity index (χ3n) is 4.40. The standard InChI is InChI=1S/C18H34/c1-3-5-7-9-11-17-13-15-18(16-14-17)12-10-8-6-4-2/h13,16-18H,3-12,14-15H2,1-2H3. The van der Waals surface area contributed by atoms with Crippen molar-refractivity contribution in [1.29, 1.82) is 0 Å². The Bertz CT molecular complexity index is 145. The molecular formula is C18H34. The maximum atomic E-state index is 2.64. The smallest absolute Gasteiger partial charge is 0.0352 e. The first kappa shape index (κ1) is 16.1. The molecule has 0 heteroatoms. The van der Waals surface area contributed by atoms with Crippen LogP contribution in [0.5, 0.6) is 0 Å². The molecule has 0 N–H and O–H groups in total. The molecule has 1 aliphatic carbocycles. The maximum absolute atomic E-state index is 2.64. The van der Waals surface area contributed by atoms with Crippen molar-refractivity contribution in [2.45, 2.75) is 90.9 Å². The fraction of sp³-hybridized carbons (Fsp3) is 0.889. The van der Waals surface area contributed by atoms with Crippen LogP contribution in [0.4, 0.5) is 0 Å². The summed E-state index contributed by atoms with van der Waals surface area (Å²) in [7, 11) is 0. The van der Waals surface area contributed by atoms with E-state index in [0.29, 0.717) is 0 Å². The van der Waals surface area contributed by atoms with Crippen molar-refractivity contribution in [3.05, 3.63) is 12.8 Å². The van der Waals surface area contributed by atoms with Crippen LogP contribution in [0.2, 0.25) is 0 Å². The Balaban J connectivity index is 1.95. The fourth-order valence-corrected chi connectivity index (χ4v) is 3.06. The van der Waals surface area contributed by atoms with Crippen molar-refractivity contribution in [2.75, 3.05) is 0 Å². The van der Waals surface area contributed by atoms with E-state index in [2.05, 4.69) is 26.7 Å². The minimum atomic E-state index is 0.911. The second-order valence-corrected chi connectivity index (χ2v) is 6.16. The average molecular weight is 250 g/mol. The van der Waals surface area contributed by atoms with Crippen molar-refractivity contribution in [2.24, 2.45) is 11.8 Å². The summed E-state index contributed by atoms with van der Waals surface area (Å²) in [6, 6.07) is 0. The van der Waals surface area contributed by atoms with Crippen LogP contribution in [0, 0.1) is 24.7 Å². The molecule has 0 nitrogen and oxygen atoms in total. The van der Waals surface area contributed by atoms with Gasteiger partial charge in [-0.1, -0.05) is 78.1 Å². The van der Waals surface area contributed by atoms with E-state index in [9.17, 15) is 0 Å². The van der Waals surface area contributed by atoms with Gasteiger partial charge in [0.1, 0.15) is 0 Å². The van der Waals surface area contributed by atoms with E-state index in [0.717, 1.165) is 11.8 Å². The third kappa shape index (κ3) is 7.44. The topological polar surface area (TPSA) is 0 Å². The molecular weight excluding hydrogens is 216 g/mol. The van der Waals surface area contributed by atoms with Gasteiger partial charge in [0, 0.05) is 0 Å². The van der Waals surface area contributed by atoms with E-state index in [-0.39, 0.29) is 0 Å². The molecule has 0 aromatic rings. The average Bonchev–Trinajstić information content (AvgIpc) is 2.41. The van der Waals surface area contributed by atoms with Gasteiger partial charge in [0.2, 0.25) is 0 Å². The summed E-state index contributed by atoms with van der Waals surface area (Å²) in [6.07, 6.45) is 22.3. The minimum Gasteiger partial charge on any atom is -0.0654 e. The molecule has 0 saturated heterocycles. The lowest BCUT2D eigenvalue weighted by Gasteiger charge is -2.28. The lowest BCUT2D eigenvalue weighted by molar-refractivity contribution is 0.373. The van der Waals surface area contributed by atoms with Crippen LogP contribution in [-0.4, -0.2) is 0 Å². The monoisotopic (exact) mass is 250 g/mol. The molecule has 2 unspecified atom stereocenters. The molecule has 1 rings (SSSR count). The molecule has 0 aliphatic heterocycles. The molecule has 1 saturated carbocycles. The zero-order chi connectivity index (χ0) is 13.1. The van der Waals surface area contributed by atoms with Crippen molar-refractivity contribution >= 4 is 0 Å². The number of hydrogen-bond acceptors (Lipinski definition) is 0. The quantitative estimate of drug-likeness (QED) is 0.396. The molecule has 0 bridgehead atoms. The molecule has 106 valence electrons. The van der Waals surface area contributed by atoms with Gasteiger partial charge < -0.3 is 0 Å². The summed E-state index contributed by atoms with van der Waals surface area (Å²) in [6.45, 7) is 4.59. The SMILES string of the molecule is CCCCCCC1[CH]CC(CCCCCC)[CH]C1. The van der Waals surface area contributed by atoms with Crippen molar-refractivity contribution in [1.82, 2.24) is 0 Å². The zero-order valence-electron chi connectivity index (χ0n) is 12.8. The predicted octanol–water partition coefficient (Wildman–Crippen LogP) is 6.36. The van der Waals surface area contributed by atoms with Crippen molar-refractivity contribution < 1.29 is 0 Å². The predicted molar refractivity (Wildman–Crippen MR) is 82.3 cm³/mol. The maximum Gasteiger partial charge on any atom is -0.0352 e. The van der Waals surface area contributed by atoms with Crippen LogP contribution >= 0.6 is 0 Å². The first-order valence-corrected chi connectivity index (χ1v) is 8.53. The Morgan fingerprint density at radius 3 is 1.44 bits per heavy atom. The van der Waals surface area contributed by atoms with Gasteiger partial charge in [0.05, 0.1) is 0 Å². The Hall–Kier alpha value is 0. The van der Waals surface area contributed by atoms with Crippen LogP contribution in [0.3, 0.4) is 0 Å². The molecule has 0 amide bonds. The molecule has 2 radical (unpaired) electrons. The van der Waals surface area contributed by atoms with E-state index in [1.807, 2.05) is 0 Å². The van der Waals surface area contributed by atoms with Crippen LogP contribution in [0.25, 0.3) is 0 Å². The highest BCUT2D eigenvalue weighted by atomic mass is 14.3. The Kier molecular flexibility index (Phi) is 9.70. The van der Waals surface area contributed by atoms with Crippen molar-refractivity contribution in [3.63, 3.8) is 0 Å². The second-order valence-electron chi connectivity index (χ2n) is 6.16. The number of unbranched alkanes of at least 4 members (excludes halogenated alkanes) is 6. The van der Waals surface area contributed by atoms with E-state index < -0.39 is 0 Å².